The molecule has 0 bridgehead atoms. The van der Waals surface area contributed by atoms with E-state index in [4.69, 9.17) is 0 Å². The van der Waals surface area contributed by atoms with Crippen LogP contribution in [0.15, 0.2) is 200 Å². The summed E-state index contributed by atoms with van der Waals surface area (Å²) >= 11 is 1.86. The standard InChI is InChI=1S/C54H33N3S/c1-7-21-46-39(14-1)40-15-2-8-22-47(40)56(46)36-30-34(31-37(32-36)57-48-23-9-3-16-41(48)42-17-4-10-24-49(42)57)38-20-13-26-51-54(38)44-19-5-11-25-50(44)55(51)35-28-29-53-45(33-35)43-18-6-12-27-52(43)58-53/h1-33H. The molecule has 0 unspecified atom stereocenters. The van der Waals surface area contributed by atoms with Gasteiger partial charge < -0.3 is 13.7 Å². The molecule has 0 spiro atoms. The molecule has 0 N–H and O–H groups in total. The summed E-state index contributed by atoms with van der Waals surface area (Å²) in [6.45, 7) is 0. The molecule has 3 nitrogen and oxygen atoms in total. The molecule has 13 rings (SSSR count). The highest BCUT2D eigenvalue weighted by Crippen LogP contribution is 2.43. The Balaban J connectivity index is 1.13. The van der Waals surface area contributed by atoms with Gasteiger partial charge in [-0.25, -0.2) is 0 Å². The molecule has 0 fully saturated rings. The van der Waals surface area contributed by atoms with Crippen LogP contribution in [0.3, 0.4) is 0 Å². The van der Waals surface area contributed by atoms with Crippen LogP contribution < -0.4 is 0 Å². The summed E-state index contributed by atoms with van der Waals surface area (Å²) in [4.78, 5) is 0. The number of para-hydroxylation sites is 5. The summed E-state index contributed by atoms with van der Waals surface area (Å²) in [5, 5.41) is 10.1. The maximum absolute atomic E-state index is 2.46. The van der Waals surface area contributed by atoms with Crippen molar-refractivity contribution >= 4 is 96.9 Å². The van der Waals surface area contributed by atoms with Crippen LogP contribution >= 0.6 is 11.3 Å². The Morgan fingerprint density at radius 3 is 1.28 bits per heavy atom. The van der Waals surface area contributed by atoms with Crippen molar-refractivity contribution in [3.05, 3.63) is 200 Å². The van der Waals surface area contributed by atoms with Crippen LogP contribution in [0.2, 0.25) is 0 Å². The predicted octanol–water partition coefficient (Wildman–Crippen LogP) is 15.0. The van der Waals surface area contributed by atoms with E-state index in [1.54, 1.807) is 0 Å². The zero-order valence-corrected chi connectivity index (χ0v) is 32.1. The molecule has 0 saturated heterocycles. The molecule has 9 aromatic carbocycles. The molecule has 0 amide bonds. The Morgan fingerprint density at radius 2 is 0.707 bits per heavy atom. The Kier molecular flexibility index (Phi) is 6.60. The number of thiophene rings is 1. The molecule has 0 saturated carbocycles. The molecular formula is C54H33N3S. The van der Waals surface area contributed by atoms with Crippen molar-refractivity contribution in [3.8, 4) is 28.2 Å². The summed E-state index contributed by atoms with van der Waals surface area (Å²) in [6, 6.07) is 73.9. The third kappa shape index (κ3) is 4.43. The lowest BCUT2D eigenvalue weighted by molar-refractivity contribution is 1.13. The second-order valence-corrected chi connectivity index (χ2v) is 16.4. The summed E-state index contributed by atoms with van der Waals surface area (Å²) in [5.41, 5.74) is 13.0. The van der Waals surface area contributed by atoms with E-state index in [0.717, 1.165) is 11.4 Å². The number of hydrogen-bond acceptors (Lipinski definition) is 1. The van der Waals surface area contributed by atoms with E-state index in [0.29, 0.717) is 0 Å². The van der Waals surface area contributed by atoms with Crippen molar-refractivity contribution in [3.63, 3.8) is 0 Å². The first-order valence-corrected chi connectivity index (χ1v) is 20.7. The summed E-state index contributed by atoms with van der Waals surface area (Å²) in [6.07, 6.45) is 0. The lowest BCUT2D eigenvalue weighted by Gasteiger charge is -2.16. The van der Waals surface area contributed by atoms with Gasteiger partial charge in [0.05, 0.1) is 33.1 Å². The van der Waals surface area contributed by atoms with Crippen molar-refractivity contribution in [2.75, 3.05) is 0 Å². The summed E-state index contributed by atoms with van der Waals surface area (Å²) < 4.78 is 10.0. The van der Waals surface area contributed by atoms with Crippen molar-refractivity contribution in [2.24, 2.45) is 0 Å². The summed E-state index contributed by atoms with van der Waals surface area (Å²) in [7, 11) is 0. The first kappa shape index (κ1) is 31.8. The fourth-order valence-corrected chi connectivity index (χ4v) is 10.9. The van der Waals surface area contributed by atoms with Crippen molar-refractivity contribution in [2.45, 2.75) is 0 Å². The first-order valence-electron chi connectivity index (χ1n) is 19.8. The van der Waals surface area contributed by atoms with Crippen molar-refractivity contribution in [1.29, 1.82) is 0 Å². The average Bonchev–Trinajstić information content (AvgIpc) is 4.02. The third-order valence-electron chi connectivity index (χ3n) is 12.2. The fourth-order valence-electron chi connectivity index (χ4n) is 9.80. The predicted molar refractivity (Wildman–Crippen MR) is 248 cm³/mol. The molecule has 4 aromatic heterocycles. The van der Waals surface area contributed by atoms with Gasteiger partial charge in [0, 0.05) is 69.6 Å². The highest BCUT2D eigenvalue weighted by molar-refractivity contribution is 7.25. The van der Waals surface area contributed by atoms with Crippen molar-refractivity contribution < 1.29 is 0 Å². The molecule has 13 aromatic rings. The van der Waals surface area contributed by atoms with Crippen LogP contribution in [0.4, 0.5) is 0 Å². The molecule has 0 radical (unpaired) electrons. The van der Waals surface area contributed by atoms with E-state index in [-0.39, 0.29) is 0 Å². The SMILES string of the molecule is c1ccc2c(c1)sc1ccc(-n3c4ccccc4c4c(-c5cc(-n6c7ccccc7c7ccccc76)cc(-n6c7ccccc7c7ccccc76)c5)cccc43)cc12. The lowest BCUT2D eigenvalue weighted by Crippen LogP contribution is -2.00. The lowest BCUT2D eigenvalue weighted by atomic mass is 9.98. The van der Waals surface area contributed by atoms with Gasteiger partial charge in [-0.3, -0.25) is 0 Å². The quantitative estimate of drug-likeness (QED) is 0.170. The van der Waals surface area contributed by atoms with Gasteiger partial charge in [-0.1, -0.05) is 121 Å². The molecule has 4 heterocycles. The van der Waals surface area contributed by atoms with Gasteiger partial charge in [-0.05, 0) is 90.0 Å². The van der Waals surface area contributed by atoms with Gasteiger partial charge in [0.25, 0.3) is 0 Å². The molecule has 0 atom stereocenters. The number of aromatic nitrogens is 3. The molecule has 4 heteroatoms. The maximum Gasteiger partial charge on any atom is 0.0547 e. The molecule has 58 heavy (non-hydrogen) atoms. The molecule has 0 aliphatic carbocycles. The Labute approximate surface area is 337 Å². The molecule has 270 valence electrons. The first-order chi connectivity index (χ1) is 28.8. The average molecular weight is 756 g/mol. The van der Waals surface area contributed by atoms with Crippen LogP contribution in [-0.2, 0) is 0 Å². The van der Waals surface area contributed by atoms with E-state index < -0.39 is 0 Å². The van der Waals surface area contributed by atoms with E-state index in [9.17, 15) is 0 Å². The minimum atomic E-state index is 1.13. The normalized spacial score (nSPS) is 12.1. The van der Waals surface area contributed by atoms with E-state index in [1.165, 1.54) is 102 Å². The minimum Gasteiger partial charge on any atom is -0.309 e. The fraction of sp³-hybridized carbons (Fsp3) is 0. The zero-order chi connectivity index (χ0) is 37.9. The van der Waals surface area contributed by atoms with E-state index >= 15 is 0 Å². The number of fused-ring (bicyclic) bond motifs is 12. The van der Waals surface area contributed by atoms with E-state index in [1.807, 2.05) is 11.3 Å². The minimum absolute atomic E-state index is 1.13. The molecule has 0 aliphatic heterocycles. The van der Waals surface area contributed by atoms with E-state index in [2.05, 4.69) is 214 Å². The smallest absolute Gasteiger partial charge is 0.0547 e. The Bertz CT molecular complexity index is 3580. The molecule has 0 aliphatic rings. The molecular weight excluding hydrogens is 723 g/mol. The Morgan fingerprint density at radius 1 is 0.276 bits per heavy atom. The topological polar surface area (TPSA) is 14.8 Å². The van der Waals surface area contributed by atoms with Crippen LogP contribution in [0.5, 0.6) is 0 Å². The van der Waals surface area contributed by atoms with Crippen LogP contribution in [0, 0.1) is 0 Å². The largest absolute Gasteiger partial charge is 0.309 e. The van der Waals surface area contributed by atoms with Gasteiger partial charge in [-0.15, -0.1) is 11.3 Å². The maximum atomic E-state index is 2.46. The van der Waals surface area contributed by atoms with Gasteiger partial charge in [0.15, 0.2) is 0 Å². The van der Waals surface area contributed by atoms with Crippen LogP contribution in [-0.4, -0.2) is 13.7 Å². The number of rotatable bonds is 4. The van der Waals surface area contributed by atoms with Gasteiger partial charge in [-0.2, -0.15) is 0 Å². The number of benzene rings is 9. The zero-order valence-electron chi connectivity index (χ0n) is 31.3. The monoisotopic (exact) mass is 755 g/mol. The highest BCUT2D eigenvalue weighted by Gasteiger charge is 2.21. The number of hydrogen-bond donors (Lipinski definition) is 0. The third-order valence-corrected chi connectivity index (χ3v) is 13.4. The van der Waals surface area contributed by atoms with Gasteiger partial charge >= 0.3 is 0 Å². The van der Waals surface area contributed by atoms with Crippen LogP contribution in [0.1, 0.15) is 0 Å². The van der Waals surface area contributed by atoms with Crippen LogP contribution in [0.25, 0.3) is 114 Å². The second kappa shape index (κ2) is 12.1. The highest BCUT2D eigenvalue weighted by atomic mass is 32.1. The second-order valence-electron chi connectivity index (χ2n) is 15.3. The Hall–Kier alpha value is -7.40. The van der Waals surface area contributed by atoms with Gasteiger partial charge in [0.2, 0.25) is 0 Å². The van der Waals surface area contributed by atoms with Crippen molar-refractivity contribution in [1.82, 2.24) is 13.7 Å². The summed E-state index contributed by atoms with van der Waals surface area (Å²) in [5.74, 6) is 0. The van der Waals surface area contributed by atoms with Gasteiger partial charge in [0.1, 0.15) is 0 Å². The number of nitrogens with zero attached hydrogens (tertiary/aromatic N) is 3.